The number of rotatable bonds is 7. The van der Waals surface area contributed by atoms with Gasteiger partial charge in [0, 0.05) is 29.8 Å². The number of aliphatic hydroxyl groups is 1. The van der Waals surface area contributed by atoms with E-state index in [0.29, 0.717) is 28.5 Å². The summed E-state index contributed by atoms with van der Waals surface area (Å²) in [6.45, 7) is 4.39. The zero-order valence-corrected chi connectivity index (χ0v) is 26.7. The van der Waals surface area contributed by atoms with Crippen LogP contribution in [-0.4, -0.2) is 45.5 Å². The third-order valence-electron chi connectivity index (χ3n) is 10.5. The summed E-state index contributed by atoms with van der Waals surface area (Å²) in [5, 5.41) is 14.7. The Hall–Kier alpha value is -2.56. The predicted molar refractivity (Wildman–Crippen MR) is 168 cm³/mol. The topological polar surface area (TPSA) is 78.4 Å². The smallest absolute Gasteiger partial charge is 0.386 e. The molecule has 1 aromatic carbocycles. The van der Waals surface area contributed by atoms with Crippen LogP contribution in [0.25, 0.3) is 10.2 Å². The Morgan fingerprint density at radius 1 is 1.05 bits per heavy atom. The molecule has 0 saturated heterocycles. The third-order valence-corrected chi connectivity index (χ3v) is 11.7. The number of aromatic nitrogens is 2. The van der Waals surface area contributed by atoms with Crippen LogP contribution in [0.1, 0.15) is 117 Å². The summed E-state index contributed by atoms with van der Waals surface area (Å²) in [5.41, 5.74) is -0.565. The van der Waals surface area contributed by atoms with Crippen LogP contribution in [0.4, 0.5) is 18.9 Å². The highest BCUT2D eigenvalue weighted by molar-refractivity contribution is 7.18. The van der Waals surface area contributed by atoms with Crippen LogP contribution in [-0.2, 0) is 11.8 Å². The molecule has 0 bridgehead atoms. The van der Waals surface area contributed by atoms with Crippen LogP contribution in [0.2, 0.25) is 0 Å². The first-order valence-electron chi connectivity index (χ1n) is 16.0. The number of pyridine rings is 1. The third kappa shape index (κ3) is 6.67. The molecule has 6 rings (SSSR count). The van der Waals surface area contributed by atoms with Crippen LogP contribution in [0.5, 0.6) is 0 Å². The minimum atomic E-state index is -4.66. The van der Waals surface area contributed by atoms with Gasteiger partial charge in [0.25, 0.3) is 5.91 Å². The Balaban J connectivity index is 1.12. The first kappa shape index (κ1) is 31.4. The highest BCUT2D eigenvalue weighted by atomic mass is 32.1. The van der Waals surface area contributed by atoms with E-state index in [1.165, 1.54) is 70.4 Å². The standard InChI is InChI=1S/C34H43F3N4O2S/c1-32(2,43)24-18-27-28(19-26(24)39-30(42)25-6-4-7-29(38-25)34(35,36)37)44-31(40-27)22-10-8-21(9-11-22)20-41(3)23-12-16-33(17-13-23)14-5-15-33/h4,6-7,18-19,21-23,43H,5,8-17,20H2,1-3H3,(H,39,42). The van der Waals surface area contributed by atoms with Gasteiger partial charge in [-0.05, 0) is 121 Å². The van der Waals surface area contributed by atoms with E-state index in [1.807, 2.05) is 0 Å². The molecule has 2 aromatic heterocycles. The van der Waals surface area contributed by atoms with E-state index in [-0.39, 0.29) is 5.69 Å². The van der Waals surface area contributed by atoms with E-state index >= 15 is 0 Å². The van der Waals surface area contributed by atoms with Crippen molar-refractivity contribution in [3.63, 3.8) is 0 Å². The number of fused-ring (bicyclic) bond motifs is 1. The fourth-order valence-corrected chi connectivity index (χ4v) is 8.82. The van der Waals surface area contributed by atoms with Gasteiger partial charge in [-0.25, -0.2) is 9.97 Å². The summed E-state index contributed by atoms with van der Waals surface area (Å²) in [6, 6.07) is 7.51. The van der Waals surface area contributed by atoms with Crippen LogP contribution in [0.15, 0.2) is 30.3 Å². The lowest BCUT2D eigenvalue weighted by molar-refractivity contribution is -0.141. The summed E-state index contributed by atoms with van der Waals surface area (Å²) >= 11 is 1.59. The lowest BCUT2D eigenvalue weighted by atomic mass is 9.60. The molecule has 1 spiro atoms. The second kappa shape index (κ2) is 12.0. The monoisotopic (exact) mass is 628 g/mol. The van der Waals surface area contributed by atoms with Crippen molar-refractivity contribution >= 4 is 33.1 Å². The normalized spacial score (nSPS) is 22.8. The van der Waals surface area contributed by atoms with Gasteiger partial charge < -0.3 is 15.3 Å². The molecule has 44 heavy (non-hydrogen) atoms. The molecule has 2 heterocycles. The number of hydrogen-bond donors (Lipinski definition) is 2. The summed E-state index contributed by atoms with van der Waals surface area (Å²) in [4.78, 5) is 24.1. The van der Waals surface area contributed by atoms with E-state index < -0.39 is 23.4 Å². The Morgan fingerprint density at radius 2 is 1.75 bits per heavy atom. The number of benzene rings is 1. The number of carbonyl (C=O) groups is 1. The van der Waals surface area contributed by atoms with Gasteiger partial charge in [-0.1, -0.05) is 12.5 Å². The van der Waals surface area contributed by atoms with Crippen LogP contribution < -0.4 is 5.32 Å². The summed E-state index contributed by atoms with van der Waals surface area (Å²) in [5.74, 6) is 0.308. The summed E-state index contributed by atoms with van der Waals surface area (Å²) in [6.07, 6.45) is 9.75. The predicted octanol–water partition coefficient (Wildman–Crippen LogP) is 8.51. The maximum Gasteiger partial charge on any atom is 0.433 e. The molecule has 3 aliphatic rings. The lowest BCUT2D eigenvalue weighted by Crippen LogP contribution is -2.43. The number of carbonyl (C=O) groups excluding carboxylic acids is 1. The Kier molecular flexibility index (Phi) is 8.56. The van der Waals surface area contributed by atoms with Crippen molar-refractivity contribution in [1.29, 1.82) is 0 Å². The minimum Gasteiger partial charge on any atom is -0.386 e. The number of amides is 1. The van der Waals surface area contributed by atoms with E-state index in [2.05, 4.69) is 22.2 Å². The van der Waals surface area contributed by atoms with E-state index in [9.17, 15) is 23.1 Å². The molecule has 3 saturated carbocycles. The van der Waals surface area contributed by atoms with Gasteiger partial charge in [0.05, 0.1) is 20.8 Å². The van der Waals surface area contributed by atoms with Gasteiger partial charge in [0.1, 0.15) is 11.4 Å². The average Bonchev–Trinajstić information content (AvgIpc) is 3.38. The number of anilines is 1. The number of nitrogens with one attached hydrogen (secondary N) is 1. The molecule has 0 unspecified atom stereocenters. The van der Waals surface area contributed by atoms with Gasteiger partial charge in [0.15, 0.2) is 0 Å². The highest BCUT2D eigenvalue weighted by Crippen LogP contribution is 2.52. The van der Waals surface area contributed by atoms with Crippen LogP contribution >= 0.6 is 11.3 Å². The van der Waals surface area contributed by atoms with Crippen molar-refractivity contribution in [2.45, 2.75) is 108 Å². The van der Waals surface area contributed by atoms with Crippen molar-refractivity contribution in [2.75, 3.05) is 18.9 Å². The van der Waals surface area contributed by atoms with Crippen LogP contribution in [0, 0.1) is 11.3 Å². The second-order valence-corrected chi connectivity index (χ2v) is 15.1. The van der Waals surface area contributed by atoms with Gasteiger partial charge in [-0.15, -0.1) is 11.3 Å². The molecule has 0 aliphatic heterocycles. The molecule has 3 aromatic rings. The molecular weight excluding hydrogens is 585 g/mol. The van der Waals surface area contributed by atoms with E-state index in [4.69, 9.17) is 4.98 Å². The molecular formula is C34H43F3N4O2S. The highest BCUT2D eigenvalue weighted by Gasteiger charge is 2.41. The van der Waals surface area contributed by atoms with Crippen LogP contribution in [0.3, 0.4) is 0 Å². The maximum atomic E-state index is 13.2. The second-order valence-electron chi connectivity index (χ2n) is 14.1. The molecule has 3 aliphatic carbocycles. The number of alkyl halides is 3. The molecule has 0 atom stereocenters. The molecule has 6 nitrogen and oxygen atoms in total. The average molecular weight is 629 g/mol. The number of halogens is 3. The molecule has 2 N–H and O–H groups in total. The van der Waals surface area contributed by atoms with Crippen molar-refractivity contribution in [2.24, 2.45) is 11.3 Å². The molecule has 10 heteroatoms. The Morgan fingerprint density at radius 3 is 2.36 bits per heavy atom. The minimum absolute atomic E-state index is 0.335. The van der Waals surface area contributed by atoms with Gasteiger partial charge >= 0.3 is 6.18 Å². The van der Waals surface area contributed by atoms with Crippen molar-refractivity contribution in [1.82, 2.24) is 14.9 Å². The first-order chi connectivity index (χ1) is 20.8. The van der Waals surface area contributed by atoms with Crippen molar-refractivity contribution in [3.05, 3.63) is 52.3 Å². The molecule has 238 valence electrons. The molecule has 0 radical (unpaired) electrons. The fourth-order valence-electron chi connectivity index (χ4n) is 7.66. The van der Waals surface area contributed by atoms with Crippen molar-refractivity contribution in [3.8, 4) is 0 Å². The quantitative estimate of drug-likeness (QED) is 0.274. The summed E-state index contributed by atoms with van der Waals surface area (Å²) in [7, 11) is 2.32. The van der Waals surface area contributed by atoms with E-state index in [1.54, 1.807) is 37.3 Å². The molecule has 3 fully saturated rings. The zero-order chi connectivity index (χ0) is 31.3. The molecule has 1 amide bonds. The van der Waals surface area contributed by atoms with Crippen molar-refractivity contribution < 1.29 is 23.1 Å². The van der Waals surface area contributed by atoms with E-state index in [0.717, 1.165) is 46.2 Å². The van der Waals surface area contributed by atoms with Gasteiger partial charge in [-0.3, -0.25) is 4.79 Å². The lowest BCUT2D eigenvalue weighted by Gasteiger charge is -2.49. The number of nitrogens with zero attached hydrogens (tertiary/aromatic N) is 3. The van der Waals surface area contributed by atoms with Gasteiger partial charge in [0.2, 0.25) is 0 Å². The maximum absolute atomic E-state index is 13.2. The first-order valence-corrected chi connectivity index (χ1v) is 16.8. The SMILES string of the molecule is CN(CC1CCC(c2nc3cc(C(C)(C)O)c(NC(=O)c4cccc(C(F)(F)F)n4)cc3s2)CC1)C1CCC2(CCC2)CC1. The van der Waals surface area contributed by atoms with Gasteiger partial charge in [-0.2, -0.15) is 13.2 Å². The zero-order valence-electron chi connectivity index (χ0n) is 25.8. The summed E-state index contributed by atoms with van der Waals surface area (Å²) < 4.78 is 40.4. The number of hydrogen-bond acceptors (Lipinski definition) is 6. The Labute approximate surface area is 261 Å². The fraction of sp³-hybridized carbons (Fsp3) is 0.618. The Bertz CT molecular complexity index is 1490. The number of thiazole rings is 1. The largest absolute Gasteiger partial charge is 0.433 e.